The third kappa shape index (κ3) is 5.42. The predicted molar refractivity (Wildman–Crippen MR) is 90.4 cm³/mol. The highest BCUT2D eigenvalue weighted by Gasteiger charge is 2.20. The Hall–Kier alpha value is -0.900. The molecule has 1 atom stereocenters. The van der Waals surface area contributed by atoms with Gasteiger partial charge in [0.15, 0.2) is 0 Å². The topological polar surface area (TPSA) is 18.5 Å². The Morgan fingerprint density at radius 1 is 1.24 bits per heavy atom. The molecule has 0 bridgehead atoms. The van der Waals surface area contributed by atoms with Gasteiger partial charge in [-0.25, -0.2) is 0 Å². The maximum atomic E-state index is 3.52. The van der Waals surface area contributed by atoms with E-state index in [2.05, 4.69) is 67.2 Å². The minimum atomic E-state index is 0.662. The molecule has 0 amide bonds. The Morgan fingerprint density at radius 3 is 2.71 bits per heavy atom. The largest absolute Gasteiger partial charge is 0.312 e. The summed E-state index contributed by atoms with van der Waals surface area (Å²) in [5.41, 5.74) is 2.84. The van der Waals surface area contributed by atoms with Gasteiger partial charge in [0.2, 0.25) is 0 Å². The van der Waals surface area contributed by atoms with Gasteiger partial charge in [0.25, 0.3) is 0 Å². The molecule has 2 rings (SSSR count). The number of rotatable bonds is 6. The fraction of sp³-hybridized carbons (Fsp3) is 0.667. The zero-order valence-electron chi connectivity index (χ0n) is 14.1. The van der Waals surface area contributed by atoms with Crippen molar-refractivity contribution < 1.29 is 0 Å². The van der Waals surface area contributed by atoms with E-state index in [1.54, 1.807) is 0 Å². The molecule has 1 aliphatic heterocycles. The van der Waals surface area contributed by atoms with E-state index < -0.39 is 0 Å². The maximum Gasteiger partial charge on any atom is 0.0235 e. The second kappa shape index (κ2) is 7.92. The van der Waals surface area contributed by atoms with Gasteiger partial charge in [-0.2, -0.15) is 0 Å². The van der Waals surface area contributed by atoms with Crippen LogP contribution in [0.2, 0.25) is 0 Å². The second-order valence-corrected chi connectivity index (χ2v) is 6.91. The van der Waals surface area contributed by atoms with Crippen LogP contribution in [-0.4, -0.2) is 49.1 Å². The SMILES string of the molecule is CC(C)CNCc1cccc(CN2CCN(C)C(C)C2)c1. The monoisotopic (exact) mass is 289 g/mol. The number of hydrogen-bond donors (Lipinski definition) is 1. The van der Waals surface area contributed by atoms with E-state index in [4.69, 9.17) is 0 Å². The van der Waals surface area contributed by atoms with Crippen molar-refractivity contribution in [1.82, 2.24) is 15.1 Å². The Labute approximate surface area is 130 Å². The summed E-state index contributed by atoms with van der Waals surface area (Å²) in [6.45, 7) is 13.5. The number of likely N-dealkylation sites (N-methyl/N-ethyl adjacent to an activating group) is 1. The van der Waals surface area contributed by atoms with Crippen molar-refractivity contribution in [2.75, 3.05) is 33.2 Å². The third-order valence-corrected chi connectivity index (χ3v) is 4.32. The van der Waals surface area contributed by atoms with Crippen LogP contribution in [0.15, 0.2) is 24.3 Å². The van der Waals surface area contributed by atoms with E-state index in [0.717, 1.165) is 19.6 Å². The fourth-order valence-corrected chi connectivity index (χ4v) is 2.87. The molecule has 0 saturated carbocycles. The average molecular weight is 289 g/mol. The first-order chi connectivity index (χ1) is 10.0. The molecule has 0 aromatic heterocycles. The van der Waals surface area contributed by atoms with Crippen molar-refractivity contribution in [1.29, 1.82) is 0 Å². The Kier molecular flexibility index (Phi) is 6.22. The van der Waals surface area contributed by atoms with Crippen molar-refractivity contribution in [3.63, 3.8) is 0 Å². The van der Waals surface area contributed by atoms with Gasteiger partial charge in [-0.3, -0.25) is 4.90 Å². The van der Waals surface area contributed by atoms with E-state index in [9.17, 15) is 0 Å². The average Bonchev–Trinajstić information content (AvgIpc) is 2.43. The molecule has 1 fully saturated rings. The van der Waals surface area contributed by atoms with Gasteiger partial charge in [-0.1, -0.05) is 38.1 Å². The Bertz CT molecular complexity index is 430. The lowest BCUT2D eigenvalue weighted by atomic mass is 10.1. The summed E-state index contributed by atoms with van der Waals surface area (Å²) in [6.07, 6.45) is 0. The van der Waals surface area contributed by atoms with Gasteiger partial charge in [0.05, 0.1) is 0 Å². The smallest absolute Gasteiger partial charge is 0.0235 e. The molecule has 1 aromatic rings. The zero-order valence-corrected chi connectivity index (χ0v) is 14.1. The van der Waals surface area contributed by atoms with E-state index in [1.807, 2.05) is 0 Å². The highest BCUT2D eigenvalue weighted by Crippen LogP contribution is 2.13. The number of nitrogens with one attached hydrogen (secondary N) is 1. The van der Waals surface area contributed by atoms with Crippen LogP contribution in [-0.2, 0) is 13.1 Å². The van der Waals surface area contributed by atoms with Crippen LogP contribution < -0.4 is 5.32 Å². The fourth-order valence-electron chi connectivity index (χ4n) is 2.87. The standard InChI is InChI=1S/C18H31N3/c1-15(2)11-19-12-17-6-5-7-18(10-17)14-21-9-8-20(4)16(3)13-21/h5-7,10,15-16,19H,8-9,11-14H2,1-4H3. The van der Waals surface area contributed by atoms with Crippen LogP contribution in [0.3, 0.4) is 0 Å². The normalized spacial score (nSPS) is 21.1. The molecule has 1 heterocycles. The summed E-state index contributed by atoms with van der Waals surface area (Å²) in [7, 11) is 2.23. The minimum absolute atomic E-state index is 0.662. The van der Waals surface area contributed by atoms with Crippen LogP contribution in [0.25, 0.3) is 0 Å². The molecule has 1 aromatic carbocycles. The van der Waals surface area contributed by atoms with Crippen molar-refractivity contribution in [2.45, 2.75) is 39.9 Å². The minimum Gasteiger partial charge on any atom is -0.312 e. The first-order valence-corrected chi connectivity index (χ1v) is 8.25. The van der Waals surface area contributed by atoms with E-state index in [-0.39, 0.29) is 0 Å². The molecule has 3 nitrogen and oxygen atoms in total. The Morgan fingerprint density at radius 2 is 2.00 bits per heavy atom. The summed E-state index contributed by atoms with van der Waals surface area (Å²) in [5.74, 6) is 0.708. The molecule has 1 unspecified atom stereocenters. The van der Waals surface area contributed by atoms with Gasteiger partial charge in [0, 0.05) is 38.8 Å². The quantitative estimate of drug-likeness (QED) is 0.868. The van der Waals surface area contributed by atoms with Gasteiger partial charge in [-0.15, -0.1) is 0 Å². The molecule has 0 radical (unpaired) electrons. The first-order valence-electron chi connectivity index (χ1n) is 8.25. The lowest BCUT2D eigenvalue weighted by molar-refractivity contribution is 0.1000. The highest BCUT2D eigenvalue weighted by molar-refractivity contribution is 5.23. The van der Waals surface area contributed by atoms with Crippen molar-refractivity contribution in [3.05, 3.63) is 35.4 Å². The number of piperazine rings is 1. The van der Waals surface area contributed by atoms with Crippen LogP contribution >= 0.6 is 0 Å². The summed E-state index contributed by atoms with van der Waals surface area (Å²) in [5, 5.41) is 3.52. The lowest BCUT2D eigenvalue weighted by Gasteiger charge is -2.37. The summed E-state index contributed by atoms with van der Waals surface area (Å²) in [6, 6.07) is 9.70. The van der Waals surface area contributed by atoms with Crippen molar-refractivity contribution in [3.8, 4) is 0 Å². The molecule has 0 aliphatic carbocycles. The van der Waals surface area contributed by atoms with E-state index in [0.29, 0.717) is 12.0 Å². The number of benzene rings is 1. The van der Waals surface area contributed by atoms with Crippen LogP contribution in [0.1, 0.15) is 31.9 Å². The zero-order chi connectivity index (χ0) is 15.2. The van der Waals surface area contributed by atoms with Gasteiger partial charge < -0.3 is 10.2 Å². The van der Waals surface area contributed by atoms with Crippen molar-refractivity contribution in [2.24, 2.45) is 5.92 Å². The lowest BCUT2D eigenvalue weighted by Crippen LogP contribution is -2.49. The third-order valence-electron chi connectivity index (χ3n) is 4.32. The molecule has 0 spiro atoms. The predicted octanol–water partition coefficient (Wildman–Crippen LogP) is 2.57. The number of nitrogens with zero attached hydrogens (tertiary/aromatic N) is 2. The van der Waals surface area contributed by atoms with Gasteiger partial charge in [0.1, 0.15) is 0 Å². The summed E-state index contributed by atoms with van der Waals surface area (Å²) < 4.78 is 0. The second-order valence-electron chi connectivity index (χ2n) is 6.91. The van der Waals surface area contributed by atoms with Crippen LogP contribution in [0, 0.1) is 5.92 Å². The molecular weight excluding hydrogens is 258 g/mol. The van der Waals surface area contributed by atoms with Gasteiger partial charge in [-0.05, 0) is 37.6 Å². The van der Waals surface area contributed by atoms with Gasteiger partial charge >= 0.3 is 0 Å². The summed E-state index contributed by atoms with van der Waals surface area (Å²) in [4.78, 5) is 5.02. The van der Waals surface area contributed by atoms with E-state index >= 15 is 0 Å². The molecule has 118 valence electrons. The van der Waals surface area contributed by atoms with Crippen LogP contribution in [0.4, 0.5) is 0 Å². The first kappa shape index (κ1) is 16.5. The molecule has 3 heteroatoms. The maximum absolute atomic E-state index is 3.52. The summed E-state index contributed by atoms with van der Waals surface area (Å²) >= 11 is 0. The van der Waals surface area contributed by atoms with Crippen molar-refractivity contribution >= 4 is 0 Å². The molecule has 1 saturated heterocycles. The van der Waals surface area contributed by atoms with Crippen LogP contribution in [0.5, 0.6) is 0 Å². The molecular formula is C18H31N3. The molecule has 21 heavy (non-hydrogen) atoms. The van der Waals surface area contributed by atoms with E-state index in [1.165, 1.54) is 30.8 Å². The number of hydrogen-bond acceptors (Lipinski definition) is 3. The molecule has 1 aliphatic rings. The Balaban J connectivity index is 1.86. The highest BCUT2D eigenvalue weighted by atomic mass is 15.3. The molecule has 1 N–H and O–H groups in total.